The van der Waals surface area contributed by atoms with Crippen molar-refractivity contribution in [2.45, 2.75) is 12.8 Å². The van der Waals surface area contributed by atoms with Crippen molar-refractivity contribution in [1.29, 1.82) is 0 Å². The van der Waals surface area contributed by atoms with E-state index in [0.29, 0.717) is 0 Å². The molecule has 0 bridgehead atoms. The van der Waals surface area contributed by atoms with E-state index in [1.165, 1.54) is 19.4 Å². The van der Waals surface area contributed by atoms with Crippen molar-refractivity contribution < 1.29 is 0 Å². The minimum Gasteiger partial charge on any atom is -0.373 e. The second-order valence-electron chi connectivity index (χ2n) is 5.24. The third-order valence-electron chi connectivity index (χ3n) is 3.82. The molecule has 3 rings (SSSR count). The van der Waals surface area contributed by atoms with Crippen molar-refractivity contribution in [3.8, 4) is 0 Å². The summed E-state index contributed by atoms with van der Waals surface area (Å²) < 4.78 is 0. The zero-order valence-corrected chi connectivity index (χ0v) is 11.0. The first-order valence-electron chi connectivity index (χ1n) is 6.82. The molecular formula is C13H21N5. The van der Waals surface area contributed by atoms with Crippen molar-refractivity contribution in [3.05, 3.63) is 12.4 Å². The van der Waals surface area contributed by atoms with Gasteiger partial charge in [0.05, 0.1) is 0 Å². The van der Waals surface area contributed by atoms with Crippen LogP contribution in [0.2, 0.25) is 0 Å². The predicted molar refractivity (Wildman–Crippen MR) is 73.0 cm³/mol. The lowest BCUT2D eigenvalue weighted by atomic mass is 10.2. The van der Waals surface area contributed by atoms with Crippen molar-refractivity contribution in [2.75, 3.05) is 50.0 Å². The molecule has 18 heavy (non-hydrogen) atoms. The van der Waals surface area contributed by atoms with E-state index in [1.807, 2.05) is 13.1 Å². The maximum absolute atomic E-state index is 4.37. The van der Waals surface area contributed by atoms with Crippen LogP contribution in [0.4, 0.5) is 11.6 Å². The van der Waals surface area contributed by atoms with Crippen molar-refractivity contribution in [1.82, 2.24) is 14.9 Å². The average Bonchev–Trinajstić information content (AvgIpc) is 3.24. The van der Waals surface area contributed by atoms with E-state index >= 15 is 0 Å². The Kier molecular flexibility index (Phi) is 3.32. The van der Waals surface area contributed by atoms with Gasteiger partial charge >= 0.3 is 0 Å². The van der Waals surface area contributed by atoms with Crippen molar-refractivity contribution >= 4 is 11.6 Å². The van der Waals surface area contributed by atoms with E-state index in [1.54, 1.807) is 6.33 Å². The molecule has 0 spiro atoms. The Labute approximate surface area is 108 Å². The van der Waals surface area contributed by atoms with Crippen LogP contribution in [0.15, 0.2) is 12.4 Å². The highest BCUT2D eigenvalue weighted by Gasteiger charge is 2.26. The number of nitrogens with one attached hydrogen (secondary N) is 1. The van der Waals surface area contributed by atoms with Crippen LogP contribution in [0.25, 0.3) is 0 Å². The summed E-state index contributed by atoms with van der Waals surface area (Å²) in [6.07, 6.45) is 4.52. The molecule has 0 amide bonds. The fourth-order valence-electron chi connectivity index (χ4n) is 2.48. The molecule has 0 unspecified atom stereocenters. The minimum atomic E-state index is 0.889. The van der Waals surface area contributed by atoms with E-state index in [0.717, 1.165) is 43.7 Å². The van der Waals surface area contributed by atoms with Crippen LogP contribution >= 0.6 is 0 Å². The van der Waals surface area contributed by atoms with Crippen LogP contribution in [0.5, 0.6) is 0 Å². The molecule has 0 radical (unpaired) electrons. The third kappa shape index (κ3) is 2.72. The van der Waals surface area contributed by atoms with Crippen LogP contribution in [0.1, 0.15) is 12.8 Å². The lowest BCUT2D eigenvalue weighted by molar-refractivity contribution is 0.247. The molecule has 1 aliphatic heterocycles. The number of hydrogen-bond donors (Lipinski definition) is 1. The fraction of sp³-hybridized carbons (Fsp3) is 0.692. The van der Waals surface area contributed by atoms with E-state index in [9.17, 15) is 0 Å². The normalized spacial score (nSPS) is 21.1. The summed E-state index contributed by atoms with van der Waals surface area (Å²) in [5.41, 5.74) is 0. The average molecular weight is 247 g/mol. The molecule has 2 fully saturated rings. The van der Waals surface area contributed by atoms with Gasteiger partial charge in [-0.1, -0.05) is 0 Å². The molecule has 0 aromatic carbocycles. The molecule has 1 aromatic heterocycles. The summed E-state index contributed by atoms with van der Waals surface area (Å²) in [7, 11) is 1.89. The Bertz CT molecular complexity index is 396. The van der Waals surface area contributed by atoms with E-state index in [-0.39, 0.29) is 0 Å². The van der Waals surface area contributed by atoms with Gasteiger partial charge in [0.1, 0.15) is 18.0 Å². The van der Waals surface area contributed by atoms with E-state index in [4.69, 9.17) is 0 Å². The van der Waals surface area contributed by atoms with Gasteiger partial charge in [-0.15, -0.1) is 0 Å². The number of piperazine rings is 1. The van der Waals surface area contributed by atoms with Crippen molar-refractivity contribution in [2.24, 2.45) is 5.92 Å². The lowest BCUT2D eigenvalue weighted by Crippen LogP contribution is -2.47. The molecule has 1 N–H and O–H groups in total. The Balaban J connectivity index is 1.57. The number of anilines is 2. The maximum Gasteiger partial charge on any atom is 0.134 e. The monoisotopic (exact) mass is 247 g/mol. The fourth-order valence-corrected chi connectivity index (χ4v) is 2.48. The second kappa shape index (κ2) is 5.10. The Hall–Kier alpha value is -1.36. The summed E-state index contributed by atoms with van der Waals surface area (Å²) in [6, 6.07) is 2.02. The standard InChI is InChI=1S/C13H21N5/c1-14-12-8-13(16-10-15-12)18-6-4-17(5-7-18)9-11-2-3-11/h8,10-11H,2-7,9H2,1H3,(H,14,15,16). The summed E-state index contributed by atoms with van der Waals surface area (Å²) in [5.74, 6) is 2.92. The van der Waals surface area contributed by atoms with Gasteiger partial charge in [0.25, 0.3) is 0 Å². The minimum absolute atomic E-state index is 0.889. The lowest BCUT2D eigenvalue weighted by Gasteiger charge is -2.35. The van der Waals surface area contributed by atoms with Crippen LogP contribution in [0, 0.1) is 5.92 Å². The van der Waals surface area contributed by atoms with Gasteiger partial charge in [-0.05, 0) is 18.8 Å². The van der Waals surface area contributed by atoms with Gasteiger partial charge in [0.15, 0.2) is 0 Å². The summed E-state index contributed by atoms with van der Waals surface area (Å²) in [6.45, 7) is 5.78. The molecule has 1 saturated carbocycles. The third-order valence-corrected chi connectivity index (χ3v) is 3.82. The molecule has 0 atom stereocenters. The van der Waals surface area contributed by atoms with Gasteiger partial charge in [-0.25, -0.2) is 9.97 Å². The molecule has 2 aliphatic rings. The summed E-state index contributed by atoms with van der Waals surface area (Å²) >= 11 is 0. The first kappa shape index (κ1) is 11.7. The Morgan fingerprint density at radius 2 is 2.00 bits per heavy atom. The first-order chi connectivity index (χ1) is 8.85. The van der Waals surface area contributed by atoms with E-state index < -0.39 is 0 Å². The van der Waals surface area contributed by atoms with Gasteiger partial charge in [-0.2, -0.15) is 0 Å². The molecule has 98 valence electrons. The molecular weight excluding hydrogens is 226 g/mol. The maximum atomic E-state index is 4.37. The highest BCUT2D eigenvalue weighted by molar-refractivity contribution is 5.48. The quantitative estimate of drug-likeness (QED) is 0.861. The van der Waals surface area contributed by atoms with Gasteiger partial charge in [0, 0.05) is 45.8 Å². The SMILES string of the molecule is CNc1cc(N2CCN(CC3CC3)CC2)ncn1. The second-order valence-corrected chi connectivity index (χ2v) is 5.24. The number of nitrogens with zero attached hydrogens (tertiary/aromatic N) is 4. The predicted octanol–water partition coefficient (Wildman–Crippen LogP) is 1.05. The summed E-state index contributed by atoms with van der Waals surface area (Å²) in [4.78, 5) is 13.5. The molecule has 1 saturated heterocycles. The van der Waals surface area contributed by atoms with Crippen LogP contribution in [-0.2, 0) is 0 Å². The van der Waals surface area contributed by atoms with E-state index in [2.05, 4.69) is 25.1 Å². The Morgan fingerprint density at radius 1 is 1.22 bits per heavy atom. The van der Waals surface area contributed by atoms with Gasteiger partial charge in [0.2, 0.25) is 0 Å². The molecule has 5 heteroatoms. The smallest absolute Gasteiger partial charge is 0.134 e. The van der Waals surface area contributed by atoms with Crippen LogP contribution in [0.3, 0.4) is 0 Å². The van der Waals surface area contributed by atoms with Gasteiger partial charge < -0.3 is 10.2 Å². The van der Waals surface area contributed by atoms with Crippen molar-refractivity contribution in [3.63, 3.8) is 0 Å². The first-order valence-corrected chi connectivity index (χ1v) is 6.82. The zero-order valence-electron chi connectivity index (χ0n) is 11.0. The summed E-state index contributed by atoms with van der Waals surface area (Å²) in [5, 5.41) is 3.06. The highest BCUT2D eigenvalue weighted by atomic mass is 15.3. The van der Waals surface area contributed by atoms with Gasteiger partial charge in [-0.3, -0.25) is 4.90 Å². The number of aromatic nitrogens is 2. The number of hydrogen-bond acceptors (Lipinski definition) is 5. The van der Waals surface area contributed by atoms with Crippen LogP contribution < -0.4 is 10.2 Å². The largest absolute Gasteiger partial charge is 0.373 e. The highest BCUT2D eigenvalue weighted by Crippen LogP contribution is 2.30. The molecule has 2 heterocycles. The number of rotatable bonds is 4. The topological polar surface area (TPSA) is 44.3 Å². The Morgan fingerprint density at radius 3 is 2.67 bits per heavy atom. The molecule has 5 nitrogen and oxygen atoms in total. The van der Waals surface area contributed by atoms with Crippen LogP contribution in [-0.4, -0.2) is 54.6 Å². The molecule has 1 aromatic rings. The molecule has 1 aliphatic carbocycles. The zero-order chi connectivity index (χ0) is 12.4.